The van der Waals surface area contributed by atoms with Gasteiger partial charge in [0.2, 0.25) is 0 Å². The average Bonchev–Trinajstić information content (AvgIpc) is 2.79. The standard InChI is InChI=1S/C24H32N4O3/c1-3-14-25-23(29)19-17-18(12-13-21(19)28-15-8-5-9-16-28)26-24(30)27-20-10-6-7-11-22(20)31-4-2/h6-7,10-13,17H,3-5,8-9,14-16H2,1-2H3,(H,25,29)(H2,26,27,30). The van der Waals surface area contributed by atoms with Crippen molar-refractivity contribution in [2.24, 2.45) is 0 Å². The van der Waals surface area contributed by atoms with Crippen LogP contribution in [0.25, 0.3) is 0 Å². The van der Waals surface area contributed by atoms with Gasteiger partial charge in [-0.05, 0) is 62.9 Å². The molecule has 3 amide bonds. The van der Waals surface area contributed by atoms with Crippen LogP contribution in [0.15, 0.2) is 42.5 Å². The van der Waals surface area contributed by atoms with Crippen LogP contribution in [0.5, 0.6) is 5.75 Å². The molecule has 31 heavy (non-hydrogen) atoms. The molecule has 0 aromatic heterocycles. The SMILES string of the molecule is CCCNC(=O)c1cc(NC(=O)Nc2ccccc2OCC)ccc1N1CCCCC1. The Morgan fingerprint density at radius 1 is 1.00 bits per heavy atom. The fourth-order valence-corrected chi connectivity index (χ4v) is 3.68. The first-order valence-electron chi connectivity index (χ1n) is 11.1. The van der Waals surface area contributed by atoms with Crippen LogP contribution in [-0.2, 0) is 0 Å². The van der Waals surface area contributed by atoms with Gasteiger partial charge in [0.25, 0.3) is 5.91 Å². The highest BCUT2D eigenvalue weighted by Gasteiger charge is 2.19. The predicted octanol–water partition coefficient (Wildman–Crippen LogP) is 4.86. The lowest BCUT2D eigenvalue weighted by Gasteiger charge is -2.30. The van der Waals surface area contributed by atoms with Crippen LogP contribution in [0, 0.1) is 0 Å². The van der Waals surface area contributed by atoms with Crippen molar-refractivity contribution in [3.63, 3.8) is 0 Å². The van der Waals surface area contributed by atoms with E-state index in [0.717, 1.165) is 38.0 Å². The van der Waals surface area contributed by atoms with Crippen molar-refractivity contribution in [1.82, 2.24) is 5.32 Å². The molecule has 1 heterocycles. The van der Waals surface area contributed by atoms with Gasteiger partial charge in [0.15, 0.2) is 0 Å². The van der Waals surface area contributed by atoms with Crippen LogP contribution in [0.3, 0.4) is 0 Å². The molecule has 1 fully saturated rings. The minimum absolute atomic E-state index is 0.117. The molecule has 3 rings (SSSR count). The third kappa shape index (κ3) is 6.13. The zero-order chi connectivity index (χ0) is 22.1. The molecular formula is C24H32N4O3. The number of rotatable bonds is 8. The number of carbonyl (C=O) groups is 2. The highest BCUT2D eigenvalue weighted by atomic mass is 16.5. The maximum absolute atomic E-state index is 12.8. The minimum Gasteiger partial charge on any atom is -0.492 e. The van der Waals surface area contributed by atoms with Gasteiger partial charge in [0, 0.05) is 31.0 Å². The van der Waals surface area contributed by atoms with Gasteiger partial charge in [0.1, 0.15) is 5.75 Å². The monoisotopic (exact) mass is 424 g/mol. The molecule has 0 aliphatic carbocycles. The van der Waals surface area contributed by atoms with Crippen molar-refractivity contribution < 1.29 is 14.3 Å². The molecule has 1 saturated heterocycles. The molecule has 0 atom stereocenters. The Hall–Kier alpha value is -3.22. The third-order valence-corrected chi connectivity index (χ3v) is 5.17. The number of piperidine rings is 1. The molecule has 3 N–H and O–H groups in total. The Kier molecular flexibility index (Phi) is 8.15. The second kappa shape index (κ2) is 11.2. The molecule has 2 aromatic carbocycles. The molecule has 2 aromatic rings. The van der Waals surface area contributed by atoms with E-state index in [4.69, 9.17) is 4.74 Å². The molecule has 7 heteroatoms. The number of hydrogen-bond acceptors (Lipinski definition) is 4. The molecule has 166 valence electrons. The molecule has 0 radical (unpaired) electrons. The summed E-state index contributed by atoms with van der Waals surface area (Å²) in [5, 5.41) is 8.62. The average molecular weight is 425 g/mol. The van der Waals surface area contributed by atoms with Crippen LogP contribution >= 0.6 is 0 Å². The topological polar surface area (TPSA) is 82.7 Å². The first-order chi connectivity index (χ1) is 15.1. The van der Waals surface area contributed by atoms with Crippen LogP contribution in [0.2, 0.25) is 0 Å². The predicted molar refractivity (Wildman–Crippen MR) is 125 cm³/mol. The van der Waals surface area contributed by atoms with Crippen molar-refractivity contribution in [1.29, 1.82) is 0 Å². The molecule has 7 nitrogen and oxygen atoms in total. The van der Waals surface area contributed by atoms with Gasteiger partial charge in [-0.2, -0.15) is 0 Å². The van der Waals surface area contributed by atoms with Gasteiger partial charge in [0.05, 0.1) is 17.9 Å². The maximum Gasteiger partial charge on any atom is 0.323 e. The summed E-state index contributed by atoms with van der Waals surface area (Å²) >= 11 is 0. The number of benzene rings is 2. The smallest absolute Gasteiger partial charge is 0.323 e. The van der Waals surface area contributed by atoms with E-state index in [1.807, 2.05) is 44.2 Å². The van der Waals surface area contributed by atoms with Crippen molar-refractivity contribution >= 4 is 29.0 Å². The summed E-state index contributed by atoms with van der Waals surface area (Å²) in [5.74, 6) is 0.494. The second-order valence-corrected chi connectivity index (χ2v) is 7.54. The number of amides is 3. The van der Waals surface area contributed by atoms with E-state index in [2.05, 4.69) is 20.9 Å². The Bertz CT molecular complexity index is 894. The number of anilines is 3. The zero-order valence-electron chi connectivity index (χ0n) is 18.4. The Morgan fingerprint density at radius 3 is 2.52 bits per heavy atom. The first kappa shape index (κ1) is 22.5. The molecule has 0 unspecified atom stereocenters. The molecular weight excluding hydrogens is 392 g/mol. The highest BCUT2D eigenvalue weighted by Crippen LogP contribution is 2.28. The molecule has 1 aliphatic heterocycles. The van der Waals surface area contributed by atoms with Crippen molar-refractivity contribution in [2.75, 3.05) is 41.8 Å². The van der Waals surface area contributed by atoms with Crippen molar-refractivity contribution in [3.05, 3.63) is 48.0 Å². The number of nitrogens with one attached hydrogen (secondary N) is 3. The van der Waals surface area contributed by atoms with Gasteiger partial charge in [-0.15, -0.1) is 0 Å². The summed E-state index contributed by atoms with van der Waals surface area (Å²) < 4.78 is 5.56. The van der Waals surface area contributed by atoms with Crippen molar-refractivity contribution in [3.8, 4) is 5.75 Å². The lowest BCUT2D eigenvalue weighted by molar-refractivity contribution is 0.0954. The Morgan fingerprint density at radius 2 is 1.77 bits per heavy atom. The number of hydrogen-bond donors (Lipinski definition) is 3. The molecule has 0 bridgehead atoms. The van der Waals surface area contributed by atoms with E-state index >= 15 is 0 Å². The maximum atomic E-state index is 12.8. The lowest BCUT2D eigenvalue weighted by atomic mass is 10.1. The van der Waals surface area contributed by atoms with Gasteiger partial charge in [-0.25, -0.2) is 4.79 Å². The number of nitrogens with zero attached hydrogens (tertiary/aromatic N) is 1. The second-order valence-electron chi connectivity index (χ2n) is 7.54. The van der Waals surface area contributed by atoms with Crippen molar-refractivity contribution in [2.45, 2.75) is 39.5 Å². The summed E-state index contributed by atoms with van der Waals surface area (Å²) in [4.78, 5) is 27.7. The van der Waals surface area contributed by atoms with Gasteiger partial charge < -0.3 is 25.6 Å². The minimum atomic E-state index is -0.391. The van der Waals surface area contributed by atoms with Crippen LogP contribution in [-0.4, -0.2) is 38.2 Å². The highest BCUT2D eigenvalue weighted by molar-refractivity contribution is 6.04. The Balaban J connectivity index is 1.77. The molecule has 0 spiro atoms. The normalized spacial score (nSPS) is 13.4. The van der Waals surface area contributed by atoms with E-state index in [-0.39, 0.29) is 5.91 Å². The number of ether oxygens (including phenoxy) is 1. The van der Waals surface area contributed by atoms with E-state index in [0.29, 0.717) is 35.8 Å². The van der Waals surface area contributed by atoms with Crippen LogP contribution in [0.4, 0.5) is 21.9 Å². The fourth-order valence-electron chi connectivity index (χ4n) is 3.68. The summed E-state index contributed by atoms with van der Waals surface area (Å²) in [6, 6.07) is 12.4. The van der Waals surface area contributed by atoms with E-state index in [1.54, 1.807) is 12.1 Å². The largest absolute Gasteiger partial charge is 0.492 e. The fraction of sp³-hybridized carbons (Fsp3) is 0.417. The third-order valence-electron chi connectivity index (χ3n) is 5.17. The van der Waals surface area contributed by atoms with Crippen LogP contribution in [0.1, 0.15) is 49.9 Å². The lowest BCUT2D eigenvalue weighted by Crippen LogP contribution is -2.33. The van der Waals surface area contributed by atoms with E-state index in [1.165, 1.54) is 6.42 Å². The van der Waals surface area contributed by atoms with E-state index < -0.39 is 6.03 Å². The van der Waals surface area contributed by atoms with Crippen LogP contribution < -0.4 is 25.6 Å². The summed E-state index contributed by atoms with van der Waals surface area (Å²) in [6.45, 7) is 6.92. The molecule has 1 aliphatic rings. The number of urea groups is 1. The first-order valence-corrected chi connectivity index (χ1v) is 11.1. The number of carbonyl (C=O) groups excluding carboxylic acids is 2. The Labute approximate surface area is 184 Å². The van der Waals surface area contributed by atoms with Gasteiger partial charge >= 0.3 is 6.03 Å². The number of para-hydroxylation sites is 2. The van der Waals surface area contributed by atoms with Gasteiger partial charge in [-0.1, -0.05) is 19.1 Å². The summed E-state index contributed by atoms with van der Waals surface area (Å²) in [5.41, 5.74) is 2.66. The molecule has 0 saturated carbocycles. The van der Waals surface area contributed by atoms with E-state index in [9.17, 15) is 9.59 Å². The zero-order valence-corrected chi connectivity index (χ0v) is 18.4. The summed E-state index contributed by atoms with van der Waals surface area (Å²) in [7, 11) is 0. The quantitative estimate of drug-likeness (QED) is 0.565. The van der Waals surface area contributed by atoms with Gasteiger partial charge in [-0.3, -0.25) is 4.79 Å². The summed E-state index contributed by atoms with van der Waals surface area (Å²) in [6.07, 6.45) is 4.33.